The van der Waals surface area contributed by atoms with Gasteiger partial charge in [0.2, 0.25) is 5.91 Å². The monoisotopic (exact) mass is 265 g/mol. The molecule has 1 fully saturated rings. The summed E-state index contributed by atoms with van der Waals surface area (Å²) in [6.07, 6.45) is 10.1. The van der Waals surface area contributed by atoms with Gasteiger partial charge in [-0.25, -0.2) is 0 Å². The Bertz CT molecular complexity index is 364. The Balaban J connectivity index is 1.77. The highest BCUT2D eigenvalue weighted by molar-refractivity contribution is 5.76. The molecule has 4 nitrogen and oxygen atoms in total. The second-order valence-corrected chi connectivity index (χ2v) is 5.75. The SMILES string of the molecule is O=C(O)CCC1CCCN(C(=O)CC2C=CCC2)C1. The molecule has 1 N–H and O–H groups in total. The van der Waals surface area contributed by atoms with Gasteiger partial charge in [0.05, 0.1) is 0 Å². The number of aliphatic carboxylic acids is 1. The van der Waals surface area contributed by atoms with Crippen molar-refractivity contribution >= 4 is 11.9 Å². The van der Waals surface area contributed by atoms with Crippen molar-refractivity contribution in [1.29, 1.82) is 0 Å². The van der Waals surface area contributed by atoms with Crippen molar-refractivity contribution in [3.05, 3.63) is 12.2 Å². The molecule has 1 heterocycles. The van der Waals surface area contributed by atoms with Crippen LogP contribution in [0.2, 0.25) is 0 Å². The van der Waals surface area contributed by atoms with E-state index in [-0.39, 0.29) is 12.3 Å². The van der Waals surface area contributed by atoms with E-state index in [1.165, 1.54) is 0 Å². The van der Waals surface area contributed by atoms with Gasteiger partial charge >= 0.3 is 5.97 Å². The van der Waals surface area contributed by atoms with Gasteiger partial charge in [-0.15, -0.1) is 0 Å². The fourth-order valence-corrected chi connectivity index (χ4v) is 3.07. The number of carbonyl (C=O) groups excluding carboxylic acids is 1. The van der Waals surface area contributed by atoms with Crippen LogP contribution in [-0.2, 0) is 9.59 Å². The first-order valence-corrected chi connectivity index (χ1v) is 7.31. The van der Waals surface area contributed by atoms with Gasteiger partial charge < -0.3 is 10.0 Å². The third-order valence-electron chi connectivity index (χ3n) is 4.19. The maximum absolute atomic E-state index is 12.2. The minimum Gasteiger partial charge on any atom is -0.481 e. The molecule has 19 heavy (non-hydrogen) atoms. The summed E-state index contributed by atoms with van der Waals surface area (Å²) in [7, 11) is 0. The summed E-state index contributed by atoms with van der Waals surface area (Å²) in [5.41, 5.74) is 0. The predicted octanol–water partition coefficient (Wildman–Crippen LogP) is 2.45. The number of nitrogens with zero attached hydrogens (tertiary/aromatic N) is 1. The molecule has 1 aliphatic carbocycles. The largest absolute Gasteiger partial charge is 0.481 e. The van der Waals surface area contributed by atoms with Gasteiger partial charge in [0.1, 0.15) is 0 Å². The summed E-state index contributed by atoms with van der Waals surface area (Å²) < 4.78 is 0. The number of carboxylic acids is 1. The van der Waals surface area contributed by atoms with Gasteiger partial charge in [0, 0.05) is 25.9 Å². The Hall–Kier alpha value is -1.32. The predicted molar refractivity (Wildman–Crippen MR) is 72.7 cm³/mol. The number of allylic oxidation sites excluding steroid dienone is 2. The second-order valence-electron chi connectivity index (χ2n) is 5.75. The van der Waals surface area contributed by atoms with Gasteiger partial charge in [-0.1, -0.05) is 12.2 Å². The number of carboxylic acid groups (broad SMARTS) is 1. The van der Waals surface area contributed by atoms with Crippen molar-refractivity contribution in [1.82, 2.24) is 4.90 Å². The van der Waals surface area contributed by atoms with E-state index in [2.05, 4.69) is 12.2 Å². The molecule has 1 saturated heterocycles. The van der Waals surface area contributed by atoms with E-state index >= 15 is 0 Å². The molecule has 0 aromatic carbocycles. The molecule has 0 bridgehead atoms. The van der Waals surface area contributed by atoms with Gasteiger partial charge in [-0.2, -0.15) is 0 Å². The van der Waals surface area contributed by atoms with Gasteiger partial charge in [-0.3, -0.25) is 9.59 Å². The number of hydrogen-bond donors (Lipinski definition) is 1. The summed E-state index contributed by atoms with van der Waals surface area (Å²) in [5.74, 6) is 0.302. The van der Waals surface area contributed by atoms with E-state index in [1.54, 1.807) is 0 Å². The molecular formula is C15H23NO3. The lowest BCUT2D eigenvalue weighted by Crippen LogP contribution is -2.40. The van der Waals surface area contributed by atoms with E-state index < -0.39 is 5.97 Å². The highest BCUT2D eigenvalue weighted by Gasteiger charge is 2.25. The van der Waals surface area contributed by atoms with Crippen LogP contribution in [-0.4, -0.2) is 35.0 Å². The second kappa shape index (κ2) is 6.73. The summed E-state index contributed by atoms with van der Waals surface area (Å²) >= 11 is 0. The van der Waals surface area contributed by atoms with E-state index in [1.807, 2.05) is 4.90 Å². The molecule has 2 aliphatic rings. The molecule has 0 spiro atoms. The van der Waals surface area contributed by atoms with Crippen molar-refractivity contribution in [3.63, 3.8) is 0 Å². The molecular weight excluding hydrogens is 242 g/mol. The molecule has 2 unspecified atom stereocenters. The van der Waals surface area contributed by atoms with Crippen LogP contribution < -0.4 is 0 Å². The van der Waals surface area contributed by atoms with Crippen LogP contribution in [0.15, 0.2) is 12.2 Å². The summed E-state index contributed by atoms with van der Waals surface area (Å²) in [6.45, 7) is 1.60. The molecule has 0 saturated carbocycles. The molecule has 1 amide bonds. The highest BCUT2D eigenvalue weighted by atomic mass is 16.4. The van der Waals surface area contributed by atoms with Crippen molar-refractivity contribution in [3.8, 4) is 0 Å². The number of amides is 1. The molecule has 2 atom stereocenters. The Morgan fingerprint density at radius 3 is 2.84 bits per heavy atom. The maximum Gasteiger partial charge on any atom is 0.303 e. The first-order chi connectivity index (χ1) is 9.15. The molecule has 0 aromatic heterocycles. The number of carbonyl (C=O) groups is 2. The standard InChI is InChI=1S/C15H23NO3/c17-14(10-12-4-1-2-5-12)16-9-3-6-13(11-16)7-8-15(18)19/h1,4,12-13H,2-3,5-11H2,(H,18,19). The third-order valence-corrected chi connectivity index (χ3v) is 4.19. The summed E-state index contributed by atoms with van der Waals surface area (Å²) in [4.78, 5) is 24.8. The van der Waals surface area contributed by atoms with Crippen LogP contribution in [0.1, 0.15) is 44.9 Å². The topological polar surface area (TPSA) is 57.6 Å². The zero-order valence-corrected chi connectivity index (χ0v) is 11.4. The third kappa shape index (κ3) is 4.37. The van der Waals surface area contributed by atoms with E-state index in [9.17, 15) is 9.59 Å². The lowest BCUT2D eigenvalue weighted by Gasteiger charge is -2.33. The van der Waals surface area contributed by atoms with Crippen molar-refractivity contribution < 1.29 is 14.7 Å². The van der Waals surface area contributed by atoms with Crippen molar-refractivity contribution in [2.24, 2.45) is 11.8 Å². The first kappa shape index (κ1) is 14.1. The highest BCUT2D eigenvalue weighted by Crippen LogP contribution is 2.25. The minimum absolute atomic E-state index is 0.220. The Morgan fingerprint density at radius 1 is 1.32 bits per heavy atom. The van der Waals surface area contributed by atoms with Gasteiger partial charge in [0.25, 0.3) is 0 Å². The fraction of sp³-hybridized carbons (Fsp3) is 0.733. The molecule has 1 aliphatic heterocycles. The Morgan fingerprint density at radius 2 is 2.16 bits per heavy atom. The fourth-order valence-electron chi connectivity index (χ4n) is 3.07. The van der Waals surface area contributed by atoms with Crippen molar-refractivity contribution in [2.75, 3.05) is 13.1 Å². The average molecular weight is 265 g/mol. The average Bonchev–Trinajstić information content (AvgIpc) is 2.89. The van der Waals surface area contributed by atoms with E-state index in [0.717, 1.165) is 38.8 Å². The molecule has 2 rings (SSSR count). The zero-order valence-electron chi connectivity index (χ0n) is 11.4. The Kier molecular flexibility index (Phi) is 5.00. The van der Waals surface area contributed by atoms with E-state index in [4.69, 9.17) is 5.11 Å². The Labute approximate surface area is 114 Å². The first-order valence-electron chi connectivity index (χ1n) is 7.31. The number of piperidine rings is 1. The van der Waals surface area contributed by atoms with Crippen LogP contribution in [0.5, 0.6) is 0 Å². The molecule has 106 valence electrons. The number of hydrogen-bond acceptors (Lipinski definition) is 2. The molecule has 4 heteroatoms. The maximum atomic E-state index is 12.2. The number of rotatable bonds is 5. The molecule has 0 radical (unpaired) electrons. The van der Waals surface area contributed by atoms with E-state index in [0.29, 0.717) is 24.7 Å². The zero-order chi connectivity index (χ0) is 13.7. The van der Waals surface area contributed by atoms with Crippen LogP contribution in [0, 0.1) is 11.8 Å². The minimum atomic E-state index is -0.737. The summed E-state index contributed by atoms with van der Waals surface area (Å²) in [6, 6.07) is 0. The van der Waals surface area contributed by atoms with Crippen LogP contribution in [0.3, 0.4) is 0 Å². The van der Waals surface area contributed by atoms with Crippen LogP contribution in [0.25, 0.3) is 0 Å². The lowest BCUT2D eigenvalue weighted by atomic mass is 9.92. The van der Waals surface area contributed by atoms with Crippen LogP contribution in [0.4, 0.5) is 0 Å². The van der Waals surface area contributed by atoms with Gasteiger partial charge in [0.15, 0.2) is 0 Å². The summed E-state index contributed by atoms with van der Waals surface area (Å²) in [5, 5.41) is 8.72. The van der Waals surface area contributed by atoms with Gasteiger partial charge in [-0.05, 0) is 43.9 Å². The lowest BCUT2D eigenvalue weighted by molar-refractivity contribution is -0.137. The quantitative estimate of drug-likeness (QED) is 0.777. The number of likely N-dealkylation sites (tertiary alicyclic amines) is 1. The van der Waals surface area contributed by atoms with Crippen molar-refractivity contribution in [2.45, 2.75) is 44.9 Å². The smallest absolute Gasteiger partial charge is 0.303 e. The molecule has 0 aromatic rings. The normalized spacial score (nSPS) is 26.6. The van der Waals surface area contributed by atoms with Crippen LogP contribution >= 0.6 is 0 Å².